The van der Waals surface area contributed by atoms with Crippen LogP contribution in [0.3, 0.4) is 0 Å². The van der Waals surface area contributed by atoms with E-state index in [4.69, 9.17) is 4.74 Å². The Morgan fingerprint density at radius 1 is 1.15 bits per heavy atom. The van der Waals surface area contributed by atoms with Gasteiger partial charge in [-0.25, -0.2) is 4.98 Å². The minimum atomic E-state index is -0.0913. The Balaban J connectivity index is 1.37. The van der Waals surface area contributed by atoms with Crippen molar-refractivity contribution in [1.82, 2.24) is 14.9 Å². The van der Waals surface area contributed by atoms with Crippen LogP contribution in [-0.4, -0.2) is 50.4 Å². The Morgan fingerprint density at radius 3 is 2.48 bits per heavy atom. The molecule has 1 aliphatic heterocycles. The summed E-state index contributed by atoms with van der Waals surface area (Å²) in [6.45, 7) is 2.00. The van der Waals surface area contributed by atoms with Gasteiger partial charge >= 0.3 is 0 Å². The maximum atomic E-state index is 13.0. The van der Waals surface area contributed by atoms with Gasteiger partial charge in [-0.1, -0.05) is 40.2 Å². The van der Waals surface area contributed by atoms with Crippen LogP contribution in [0.15, 0.2) is 42.6 Å². The van der Waals surface area contributed by atoms with Gasteiger partial charge in [0, 0.05) is 31.2 Å². The molecule has 1 amide bonds. The zero-order valence-corrected chi connectivity index (χ0v) is 20.2. The molecule has 0 radical (unpaired) electrons. The number of ether oxygens (including phenoxy) is 1. The molecule has 8 heteroatoms. The molecular weight excluding hydrogens is 484 g/mol. The Kier molecular flexibility index (Phi) is 6.21. The van der Waals surface area contributed by atoms with Crippen molar-refractivity contribution in [2.75, 3.05) is 17.3 Å². The summed E-state index contributed by atoms with van der Waals surface area (Å²) in [6, 6.07) is 12.6. The number of methoxy groups -OCH3 is 1. The average Bonchev–Trinajstić information content (AvgIpc) is 3.30. The van der Waals surface area contributed by atoms with Crippen molar-refractivity contribution in [3.8, 4) is 11.6 Å². The molecule has 1 aliphatic carbocycles. The minimum Gasteiger partial charge on any atom is -0.504 e. The van der Waals surface area contributed by atoms with Gasteiger partial charge in [0.1, 0.15) is 11.2 Å². The van der Waals surface area contributed by atoms with E-state index in [-0.39, 0.29) is 23.0 Å². The van der Waals surface area contributed by atoms with Crippen LogP contribution in [0.25, 0.3) is 11.0 Å². The fraction of sp³-hybridized carbons (Fsp3) is 0.400. The number of halogens is 1. The van der Waals surface area contributed by atoms with Gasteiger partial charge in [-0.3, -0.25) is 14.7 Å². The number of rotatable bonds is 5. The van der Waals surface area contributed by atoms with Crippen molar-refractivity contribution >= 4 is 38.6 Å². The monoisotopic (exact) mass is 510 g/mol. The molecule has 5 rings (SSSR count). The number of anilines is 1. The number of carbonyl (C=O) groups excluding carboxylic acids is 1. The first kappa shape index (κ1) is 22.1. The van der Waals surface area contributed by atoms with Crippen LogP contribution in [0.4, 0.5) is 5.69 Å². The molecule has 1 saturated carbocycles. The number of carbonyl (C=O) groups is 1. The van der Waals surface area contributed by atoms with Gasteiger partial charge in [-0.15, -0.1) is 0 Å². The van der Waals surface area contributed by atoms with E-state index in [1.165, 1.54) is 18.2 Å². The second-order valence-electron chi connectivity index (χ2n) is 8.75. The molecular formula is C25H27BrN4O3. The molecule has 1 aromatic carbocycles. The second-order valence-corrected chi connectivity index (χ2v) is 9.31. The zero-order valence-electron chi connectivity index (χ0n) is 18.6. The summed E-state index contributed by atoms with van der Waals surface area (Å²) in [5.41, 5.74) is 4.14. The maximum absolute atomic E-state index is 13.0. The lowest BCUT2D eigenvalue weighted by molar-refractivity contribution is -0.116. The number of aromatic nitrogens is 2. The Labute approximate surface area is 201 Å². The van der Waals surface area contributed by atoms with Gasteiger partial charge in [0.05, 0.1) is 24.2 Å². The smallest absolute Gasteiger partial charge is 0.238 e. The number of benzene rings is 1. The van der Waals surface area contributed by atoms with Crippen molar-refractivity contribution in [3.63, 3.8) is 0 Å². The Morgan fingerprint density at radius 2 is 1.85 bits per heavy atom. The molecule has 2 aliphatic rings. The fourth-order valence-electron chi connectivity index (χ4n) is 5.21. The summed E-state index contributed by atoms with van der Waals surface area (Å²) >= 11 is 3.32. The molecule has 33 heavy (non-hydrogen) atoms. The van der Waals surface area contributed by atoms with Gasteiger partial charge in [0.25, 0.3) is 0 Å². The standard InChI is InChI=1S/C25H27BrN4O3/c1-33-22-11-10-20-24(28-22)25(32)21(13-27-20)30(23(31)12-26)19-8-6-18(7-9-19)29-14-16-4-2-3-5-17(16)15-29/h2-5,10-11,13,18-19H,6-9,12,14-15H2,1H3,(H,27,32)/t18-,19-. The highest BCUT2D eigenvalue weighted by Crippen LogP contribution is 2.39. The lowest BCUT2D eigenvalue weighted by atomic mass is 9.89. The van der Waals surface area contributed by atoms with E-state index < -0.39 is 0 Å². The van der Waals surface area contributed by atoms with Crippen LogP contribution in [0.1, 0.15) is 36.8 Å². The SMILES string of the molecule is COc1ccc2ncc(N(C(=O)CBr)[C@H]3CC[C@H](N4Cc5ccccc5C4)CC3)c(O)c2n1. The molecule has 0 atom stereocenters. The predicted molar refractivity (Wildman–Crippen MR) is 131 cm³/mol. The topological polar surface area (TPSA) is 78.8 Å². The first-order valence-electron chi connectivity index (χ1n) is 11.3. The number of hydrogen-bond acceptors (Lipinski definition) is 6. The van der Waals surface area contributed by atoms with Gasteiger partial charge in [0.15, 0.2) is 5.75 Å². The Bertz CT molecular complexity index is 1150. The van der Waals surface area contributed by atoms with Crippen molar-refractivity contribution in [1.29, 1.82) is 0 Å². The van der Waals surface area contributed by atoms with Gasteiger partial charge in [-0.05, 0) is 42.9 Å². The molecule has 2 aromatic heterocycles. The van der Waals surface area contributed by atoms with E-state index in [1.807, 2.05) is 0 Å². The fourth-order valence-corrected chi connectivity index (χ4v) is 5.48. The van der Waals surface area contributed by atoms with E-state index in [1.54, 1.807) is 23.2 Å². The maximum Gasteiger partial charge on any atom is 0.238 e. The minimum absolute atomic E-state index is 0.00651. The molecule has 0 saturated heterocycles. The second kappa shape index (κ2) is 9.27. The number of hydrogen-bond donors (Lipinski definition) is 1. The number of pyridine rings is 2. The third-order valence-corrected chi connectivity index (χ3v) is 7.39. The molecule has 0 spiro atoms. The van der Waals surface area contributed by atoms with E-state index in [2.05, 4.69) is 55.1 Å². The first-order valence-corrected chi connectivity index (χ1v) is 12.4. The quantitative estimate of drug-likeness (QED) is 0.512. The van der Waals surface area contributed by atoms with E-state index >= 15 is 0 Å². The molecule has 1 fully saturated rings. The van der Waals surface area contributed by atoms with Crippen LogP contribution in [0.5, 0.6) is 11.6 Å². The van der Waals surface area contributed by atoms with Crippen LogP contribution in [-0.2, 0) is 17.9 Å². The average molecular weight is 511 g/mol. The molecule has 1 N–H and O–H groups in total. The zero-order chi connectivity index (χ0) is 22.9. The molecule has 0 unspecified atom stereocenters. The summed E-state index contributed by atoms with van der Waals surface area (Å²) in [7, 11) is 1.53. The molecule has 0 bridgehead atoms. The normalized spacial score (nSPS) is 20.5. The lowest BCUT2D eigenvalue weighted by Gasteiger charge is -2.39. The highest BCUT2D eigenvalue weighted by molar-refractivity contribution is 9.09. The van der Waals surface area contributed by atoms with Gasteiger partial charge in [0.2, 0.25) is 11.8 Å². The molecule has 3 heterocycles. The third kappa shape index (κ3) is 4.17. The van der Waals surface area contributed by atoms with Gasteiger partial charge < -0.3 is 14.7 Å². The summed E-state index contributed by atoms with van der Waals surface area (Å²) < 4.78 is 5.20. The van der Waals surface area contributed by atoms with Crippen molar-refractivity contribution in [2.24, 2.45) is 0 Å². The summed E-state index contributed by atoms with van der Waals surface area (Å²) in [4.78, 5) is 26.1. The molecule has 7 nitrogen and oxygen atoms in total. The van der Waals surface area contributed by atoms with Crippen LogP contribution < -0.4 is 9.64 Å². The van der Waals surface area contributed by atoms with E-state index in [0.29, 0.717) is 28.6 Å². The van der Waals surface area contributed by atoms with Crippen LogP contribution >= 0.6 is 15.9 Å². The largest absolute Gasteiger partial charge is 0.504 e. The Hall–Kier alpha value is -2.71. The van der Waals surface area contributed by atoms with E-state index in [0.717, 1.165) is 38.8 Å². The van der Waals surface area contributed by atoms with Crippen LogP contribution in [0, 0.1) is 0 Å². The third-order valence-electron chi connectivity index (χ3n) is 6.91. The summed E-state index contributed by atoms with van der Waals surface area (Å²) in [6.07, 6.45) is 5.35. The number of nitrogens with zero attached hydrogens (tertiary/aromatic N) is 4. The van der Waals surface area contributed by atoms with Crippen molar-refractivity contribution in [2.45, 2.75) is 50.9 Å². The van der Waals surface area contributed by atoms with Gasteiger partial charge in [-0.2, -0.15) is 0 Å². The highest BCUT2D eigenvalue weighted by Gasteiger charge is 2.35. The summed E-state index contributed by atoms with van der Waals surface area (Å²) in [5.74, 6) is 0.263. The predicted octanol–water partition coefficient (Wildman–Crippen LogP) is 4.40. The van der Waals surface area contributed by atoms with Crippen molar-refractivity contribution in [3.05, 3.63) is 53.7 Å². The number of fused-ring (bicyclic) bond motifs is 2. The first-order chi connectivity index (χ1) is 16.1. The number of alkyl halides is 1. The molecule has 172 valence electrons. The lowest BCUT2D eigenvalue weighted by Crippen LogP contribution is -2.46. The number of amides is 1. The van der Waals surface area contributed by atoms with Crippen molar-refractivity contribution < 1.29 is 14.6 Å². The van der Waals surface area contributed by atoms with Crippen LogP contribution in [0.2, 0.25) is 0 Å². The van der Waals surface area contributed by atoms with E-state index in [9.17, 15) is 9.90 Å². The summed E-state index contributed by atoms with van der Waals surface area (Å²) in [5, 5.41) is 11.2. The molecule has 3 aromatic rings. The highest BCUT2D eigenvalue weighted by atomic mass is 79.9. The number of aromatic hydroxyl groups is 1.